The molecule has 0 aliphatic carbocycles. The molecule has 1 N–H and O–H groups in total. The fraction of sp³-hybridized carbons (Fsp3) is 0.333. The summed E-state index contributed by atoms with van der Waals surface area (Å²) < 4.78 is 31.9. The second-order valence-electron chi connectivity index (χ2n) is 7.49. The van der Waals surface area contributed by atoms with Crippen molar-refractivity contribution in [2.24, 2.45) is 5.92 Å². The molecule has 0 bridgehead atoms. The Morgan fingerprint density at radius 2 is 2.10 bits per heavy atom. The van der Waals surface area contributed by atoms with E-state index in [1.54, 1.807) is 35.2 Å². The molecule has 160 valence electrons. The van der Waals surface area contributed by atoms with E-state index in [1.165, 1.54) is 6.07 Å². The summed E-state index contributed by atoms with van der Waals surface area (Å²) >= 11 is 0. The summed E-state index contributed by atoms with van der Waals surface area (Å²) in [4.78, 5) is 30.8. The highest BCUT2D eigenvalue weighted by atomic mass is 32.2. The van der Waals surface area contributed by atoms with Gasteiger partial charge in [-0.15, -0.1) is 0 Å². The Kier molecular flexibility index (Phi) is 5.61. The first-order valence-electron chi connectivity index (χ1n) is 9.80. The van der Waals surface area contributed by atoms with Gasteiger partial charge in [-0.3, -0.25) is 9.52 Å². The third-order valence-corrected chi connectivity index (χ3v) is 6.53. The Hall–Kier alpha value is -3.45. The van der Waals surface area contributed by atoms with Gasteiger partial charge in [0.2, 0.25) is 15.9 Å². The van der Waals surface area contributed by atoms with E-state index in [0.717, 1.165) is 0 Å². The Morgan fingerprint density at radius 1 is 1.32 bits per heavy atom. The minimum absolute atomic E-state index is 0.218. The van der Waals surface area contributed by atoms with Crippen LogP contribution in [-0.2, 0) is 31.7 Å². The van der Waals surface area contributed by atoms with Crippen LogP contribution in [0.25, 0.3) is 0 Å². The number of ether oxygens (including phenoxy) is 1. The van der Waals surface area contributed by atoms with Crippen LogP contribution in [0.5, 0.6) is 0 Å². The summed E-state index contributed by atoms with van der Waals surface area (Å²) in [7, 11) is -3.82. The van der Waals surface area contributed by atoms with Gasteiger partial charge in [-0.25, -0.2) is 18.2 Å². The van der Waals surface area contributed by atoms with Crippen molar-refractivity contribution >= 4 is 27.7 Å². The first-order valence-corrected chi connectivity index (χ1v) is 11.5. The molecule has 2 aromatic rings. The molecule has 1 aromatic carbocycles. The van der Waals surface area contributed by atoms with E-state index in [-0.39, 0.29) is 30.0 Å². The highest BCUT2D eigenvalue weighted by molar-refractivity contribution is 7.89. The van der Waals surface area contributed by atoms with Gasteiger partial charge >= 0.3 is 5.97 Å². The summed E-state index contributed by atoms with van der Waals surface area (Å²) in [6, 6.07) is 12.1. The molecule has 4 rings (SSSR count). The topological polar surface area (TPSA) is 129 Å². The van der Waals surface area contributed by atoms with Crippen LogP contribution in [-0.4, -0.2) is 45.0 Å². The molecule has 1 unspecified atom stereocenters. The molecule has 0 spiro atoms. The zero-order chi connectivity index (χ0) is 22.0. The summed E-state index contributed by atoms with van der Waals surface area (Å²) in [6.07, 6.45) is 0.883. The van der Waals surface area contributed by atoms with E-state index < -0.39 is 27.8 Å². The Labute approximate surface area is 179 Å². The number of hydrogen-bond acceptors (Lipinski definition) is 8. The summed E-state index contributed by atoms with van der Waals surface area (Å²) in [5, 5.41) is 9.51. The molecule has 0 saturated carbocycles. The lowest BCUT2D eigenvalue weighted by molar-refractivity contribution is -0.122. The van der Waals surface area contributed by atoms with Gasteiger partial charge in [0, 0.05) is 19.5 Å². The molecular weight excluding hydrogens is 420 g/mol. The number of anilines is 1. The lowest BCUT2D eigenvalue weighted by Crippen LogP contribution is -2.37. The maximum absolute atomic E-state index is 12.6. The standard InChI is InChI=1S/C21H20N4O5S/c22-11-16-10-17-18(7-9-30-21(17)27)23-19(16)25-8-6-15(12-25)20(26)24-31(28,29)13-14-4-2-1-3-5-14/h1-5,10,15H,6-9,12-13H2,(H,24,26). The number of aromatic nitrogens is 1. The van der Waals surface area contributed by atoms with Crippen LogP contribution < -0.4 is 9.62 Å². The van der Waals surface area contributed by atoms with Crippen molar-refractivity contribution in [2.45, 2.75) is 18.6 Å². The smallest absolute Gasteiger partial charge is 0.340 e. The zero-order valence-electron chi connectivity index (χ0n) is 16.6. The molecular formula is C21H20N4O5S. The fourth-order valence-corrected chi connectivity index (χ4v) is 4.96. The second kappa shape index (κ2) is 8.35. The zero-order valence-corrected chi connectivity index (χ0v) is 17.4. The van der Waals surface area contributed by atoms with Gasteiger partial charge in [-0.2, -0.15) is 5.26 Å². The molecule has 2 aliphatic rings. The molecule has 1 saturated heterocycles. The fourth-order valence-electron chi connectivity index (χ4n) is 3.78. The normalized spacial score (nSPS) is 18.1. The van der Waals surface area contributed by atoms with E-state index in [0.29, 0.717) is 36.5 Å². The second-order valence-corrected chi connectivity index (χ2v) is 9.22. The number of nitrogens with zero attached hydrogens (tertiary/aromatic N) is 3. The highest BCUT2D eigenvalue weighted by Gasteiger charge is 2.33. The van der Waals surface area contributed by atoms with E-state index in [1.807, 2.05) is 6.07 Å². The molecule has 0 radical (unpaired) electrons. The number of nitrogens with one attached hydrogen (secondary N) is 1. The predicted octanol–water partition coefficient (Wildman–Crippen LogP) is 1.14. The van der Waals surface area contributed by atoms with Gasteiger partial charge in [0.15, 0.2) is 0 Å². The predicted molar refractivity (Wildman–Crippen MR) is 110 cm³/mol. The Morgan fingerprint density at radius 3 is 2.84 bits per heavy atom. The van der Waals surface area contributed by atoms with Gasteiger partial charge in [-0.1, -0.05) is 30.3 Å². The molecule has 10 heteroatoms. The Balaban J connectivity index is 1.46. The average molecular weight is 440 g/mol. The SMILES string of the molecule is N#Cc1cc2c(nc1N1CCC(C(=O)NS(=O)(=O)Cc3ccccc3)C1)CCOC2=O. The summed E-state index contributed by atoms with van der Waals surface area (Å²) in [5.41, 5.74) is 1.65. The van der Waals surface area contributed by atoms with E-state index in [4.69, 9.17) is 4.74 Å². The maximum Gasteiger partial charge on any atom is 0.340 e. The number of amides is 1. The van der Waals surface area contributed by atoms with Gasteiger partial charge < -0.3 is 9.64 Å². The number of pyridine rings is 1. The van der Waals surface area contributed by atoms with Gasteiger partial charge in [0.25, 0.3) is 0 Å². The van der Waals surface area contributed by atoms with Crippen molar-refractivity contribution in [1.29, 1.82) is 5.26 Å². The number of nitriles is 1. The van der Waals surface area contributed by atoms with Crippen LogP contribution >= 0.6 is 0 Å². The van der Waals surface area contributed by atoms with Crippen molar-refractivity contribution in [3.63, 3.8) is 0 Å². The third kappa shape index (κ3) is 4.51. The van der Waals surface area contributed by atoms with Crippen LogP contribution in [0, 0.1) is 17.2 Å². The Bertz CT molecular complexity index is 1170. The molecule has 1 fully saturated rings. The number of sulfonamides is 1. The number of rotatable bonds is 5. The number of cyclic esters (lactones) is 1. The third-order valence-electron chi connectivity index (χ3n) is 5.31. The van der Waals surface area contributed by atoms with Gasteiger partial charge in [-0.05, 0) is 18.1 Å². The lowest BCUT2D eigenvalue weighted by Gasteiger charge is -2.22. The quantitative estimate of drug-likeness (QED) is 0.685. The van der Waals surface area contributed by atoms with Gasteiger partial charge in [0.1, 0.15) is 11.9 Å². The average Bonchev–Trinajstić information content (AvgIpc) is 3.23. The molecule has 1 atom stereocenters. The lowest BCUT2D eigenvalue weighted by atomic mass is 10.1. The van der Waals surface area contributed by atoms with Crippen molar-refractivity contribution in [2.75, 3.05) is 24.6 Å². The van der Waals surface area contributed by atoms with Crippen molar-refractivity contribution in [3.8, 4) is 6.07 Å². The summed E-state index contributed by atoms with van der Waals surface area (Å²) in [5.74, 6) is -1.51. The number of carbonyl (C=O) groups is 2. The number of benzene rings is 1. The molecule has 31 heavy (non-hydrogen) atoms. The number of carbonyl (C=O) groups excluding carboxylic acids is 2. The molecule has 1 aromatic heterocycles. The number of hydrogen-bond donors (Lipinski definition) is 1. The van der Waals surface area contributed by atoms with E-state index >= 15 is 0 Å². The highest BCUT2D eigenvalue weighted by Crippen LogP contribution is 2.29. The molecule has 2 aliphatic heterocycles. The molecule has 3 heterocycles. The van der Waals surface area contributed by atoms with Crippen molar-refractivity contribution < 1.29 is 22.7 Å². The van der Waals surface area contributed by atoms with Crippen LogP contribution in [0.2, 0.25) is 0 Å². The van der Waals surface area contributed by atoms with Crippen LogP contribution in [0.15, 0.2) is 36.4 Å². The number of fused-ring (bicyclic) bond motifs is 1. The minimum Gasteiger partial charge on any atom is -0.462 e. The molecule has 9 nitrogen and oxygen atoms in total. The van der Waals surface area contributed by atoms with E-state index in [2.05, 4.69) is 9.71 Å². The monoisotopic (exact) mass is 440 g/mol. The van der Waals surface area contributed by atoms with Gasteiger partial charge in [0.05, 0.1) is 35.1 Å². The van der Waals surface area contributed by atoms with Crippen LogP contribution in [0.3, 0.4) is 0 Å². The maximum atomic E-state index is 12.6. The van der Waals surface area contributed by atoms with Crippen molar-refractivity contribution in [3.05, 3.63) is 58.8 Å². The molecule has 1 amide bonds. The van der Waals surface area contributed by atoms with Crippen molar-refractivity contribution in [1.82, 2.24) is 9.71 Å². The first-order chi connectivity index (χ1) is 14.9. The van der Waals surface area contributed by atoms with Crippen LogP contribution in [0.1, 0.15) is 33.6 Å². The first kappa shape index (κ1) is 20.8. The van der Waals surface area contributed by atoms with Crippen LogP contribution in [0.4, 0.5) is 5.82 Å². The largest absolute Gasteiger partial charge is 0.462 e. The van der Waals surface area contributed by atoms with E-state index in [9.17, 15) is 23.3 Å². The minimum atomic E-state index is -3.82. The number of esters is 1. The summed E-state index contributed by atoms with van der Waals surface area (Å²) in [6.45, 7) is 0.911.